The van der Waals surface area contributed by atoms with Crippen LogP contribution < -0.4 is 15.8 Å². The van der Waals surface area contributed by atoms with Gasteiger partial charge in [-0.3, -0.25) is 9.59 Å². The van der Waals surface area contributed by atoms with E-state index in [4.69, 9.17) is 5.73 Å². The molecule has 3 N–H and O–H groups in total. The number of ether oxygens (including phenoxy) is 1. The molecule has 3 aromatic rings. The summed E-state index contributed by atoms with van der Waals surface area (Å²) in [6, 6.07) is 9.35. The Morgan fingerprint density at radius 1 is 1.11 bits per heavy atom. The van der Waals surface area contributed by atoms with E-state index in [1.54, 1.807) is 12.4 Å². The third-order valence-electron chi connectivity index (χ3n) is 3.39. The fourth-order valence-electron chi connectivity index (χ4n) is 2.28. The lowest BCUT2D eigenvalue weighted by Gasteiger charge is -2.12. The van der Waals surface area contributed by atoms with Gasteiger partial charge in [-0.25, -0.2) is 9.97 Å². The number of hydrogen-bond donors (Lipinski definition) is 2. The zero-order chi connectivity index (χ0) is 19.6. The van der Waals surface area contributed by atoms with Crippen LogP contribution in [0.1, 0.15) is 16.2 Å². The van der Waals surface area contributed by atoms with Gasteiger partial charge in [0.05, 0.1) is 5.52 Å². The minimum Gasteiger partial charge on any atom is -0.406 e. The molecule has 0 atom stereocenters. The Morgan fingerprint density at radius 2 is 1.81 bits per heavy atom. The zero-order valence-electron chi connectivity index (χ0n) is 13.4. The van der Waals surface area contributed by atoms with Crippen LogP contribution in [0.4, 0.5) is 24.7 Å². The maximum atomic E-state index is 12.2. The Balaban J connectivity index is 1.98. The maximum Gasteiger partial charge on any atom is 0.573 e. The van der Waals surface area contributed by atoms with Crippen molar-refractivity contribution in [1.29, 1.82) is 0 Å². The highest BCUT2D eigenvalue weighted by atomic mass is 19.4. The second-order valence-electron chi connectivity index (χ2n) is 5.29. The van der Waals surface area contributed by atoms with E-state index in [1.807, 2.05) is 0 Å². The summed E-state index contributed by atoms with van der Waals surface area (Å²) in [4.78, 5) is 30.3. The summed E-state index contributed by atoms with van der Waals surface area (Å²) in [6.07, 6.45) is -3.08. The van der Waals surface area contributed by atoms with Gasteiger partial charge in [-0.2, -0.15) is 0 Å². The van der Waals surface area contributed by atoms with Crippen molar-refractivity contribution in [3.63, 3.8) is 0 Å². The monoisotopic (exact) mass is 375 g/mol. The predicted octanol–water partition coefficient (Wildman–Crippen LogP) is 2.83. The van der Waals surface area contributed by atoms with Crippen molar-refractivity contribution in [2.45, 2.75) is 6.36 Å². The number of benzene rings is 2. The van der Waals surface area contributed by atoms with E-state index < -0.39 is 12.3 Å². The standard InChI is InChI=1S/C17H10F3N4O3/c18-17(19,20)27-11-4-2-10(3-5-11)22-15-12-6-1-9(8-25)7-13(12)23-16(24-15)14(21)26/h1-7H,(H2,21,26)(H,22,23,24). The molecule has 10 heteroatoms. The van der Waals surface area contributed by atoms with E-state index >= 15 is 0 Å². The zero-order valence-corrected chi connectivity index (χ0v) is 13.4. The van der Waals surface area contributed by atoms with Gasteiger partial charge in [0.15, 0.2) is 0 Å². The number of nitrogens with zero attached hydrogens (tertiary/aromatic N) is 2. The Kier molecular flexibility index (Phi) is 4.63. The van der Waals surface area contributed by atoms with Crippen LogP contribution in [0.15, 0.2) is 42.5 Å². The van der Waals surface area contributed by atoms with Crippen molar-refractivity contribution < 1.29 is 27.5 Å². The molecule has 7 nitrogen and oxygen atoms in total. The lowest BCUT2D eigenvalue weighted by molar-refractivity contribution is -0.274. The van der Waals surface area contributed by atoms with Crippen molar-refractivity contribution in [1.82, 2.24) is 9.97 Å². The second-order valence-corrected chi connectivity index (χ2v) is 5.29. The Bertz CT molecular complexity index is 1020. The second kappa shape index (κ2) is 6.90. The fraction of sp³-hybridized carbons (Fsp3) is 0.0588. The predicted molar refractivity (Wildman–Crippen MR) is 89.3 cm³/mol. The van der Waals surface area contributed by atoms with Gasteiger partial charge < -0.3 is 15.8 Å². The van der Waals surface area contributed by atoms with Gasteiger partial charge in [-0.05, 0) is 36.4 Å². The summed E-state index contributed by atoms with van der Waals surface area (Å²) in [6.45, 7) is 0. The fourth-order valence-corrected chi connectivity index (χ4v) is 2.28. The van der Waals surface area contributed by atoms with Crippen molar-refractivity contribution in [2.24, 2.45) is 5.73 Å². The topological polar surface area (TPSA) is 107 Å². The Hall–Kier alpha value is -3.69. The van der Waals surface area contributed by atoms with Crippen LogP contribution in [0.2, 0.25) is 0 Å². The molecule has 0 aliphatic carbocycles. The van der Waals surface area contributed by atoms with E-state index in [9.17, 15) is 22.8 Å². The number of primary amides is 1. The van der Waals surface area contributed by atoms with E-state index in [0.29, 0.717) is 11.1 Å². The van der Waals surface area contributed by atoms with E-state index in [2.05, 4.69) is 20.0 Å². The van der Waals surface area contributed by atoms with Crippen LogP contribution in [0.25, 0.3) is 10.9 Å². The third-order valence-corrected chi connectivity index (χ3v) is 3.39. The van der Waals surface area contributed by atoms with Crippen LogP contribution in [0.5, 0.6) is 5.75 Å². The van der Waals surface area contributed by atoms with Gasteiger partial charge >= 0.3 is 6.36 Å². The quantitative estimate of drug-likeness (QED) is 0.710. The number of nitrogens with one attached hydrogen (secondary N) is 1. The van der Waals surface area contributed by atoms with Crippen LogP contribution in [0.3, 0.4) is 0 Å². The van der Waals surface area contributed by atoms with E-state index in [-0.39, 0.29) is 28.5 Å². The summed E-state index contributed by atoms with van der Waals surface area (Å²) in [5, 5.41) is 3.34. The molecule has 137 valence electrons. The minimum absolute atomic E-state index is 0.190. The SMILES string of the molecule is NC(=O)c1nc(Nc2ccc(OC(F)(F)F)cc2)c2ccc([C]=O)cc2n1. The highest BCUT2D eigenvalue weighted by Crippen LogP contribution is 2.27. The average molecular weight is 375 g/mol. The Labute approximate surface area is 150 Å². The van der Waals surface area contributed by atoms with Gasteiger partial charge in [0.1, 0.15) is 11.6 Å². The Morgan fingerprint density at radius 3 is 2.41 bits per heavy atom. The number of halogens is 3. The maximum absolute atomic E-state index is 12.2. The molecule has 0 aliphatic rings. The van der Waals surface area contributed by atoms with Gasteiger partial charge in [0, 0.05) is 16.6 Å². The van der Waals surface area contributed by atoms with Crippen LogP contribution in [0, 0.1) is 0 Å². The molecular formula is C17H10F3N4O3. The molecule has 3 rings (SSSR count). The van der Waals surface area contributed by atoms with Crippen molar-refractivity contribution in [3.05, 3.63) is 53.9 Å². The molecule has 0 bridgehead atoms. The average Bonchev–Trinajstić information content (AvgIpc) is 2.61. The van der Waals surface area contributed by atoms with E-state index in [1.165, 1.54) is 24.3 Å². The lowest BCUT2D eigenvalue weighted by atomic mass is 10.1. The first-order valence-corrected chi connectivity index (χ1v) is 7.38. The van der Waals surface area contributed by atoms with Crippen molar-refractivity contribution >= 4 is 34.6 Å². The van der Waals surface area contributed by atoms with Crippen LogP contribution in [-0.4, -0.2) is 28.5 Å². The van der Waals surface area contributed by atoms with Crippen LogP contribution >= 0.6 is 0 Å². The smallest absolute Gasteiger partial charge is 0.406 e. The molecule has 2 aromatic carbocycles. The first kappa shape index (κ1) is 18.1. The molecule has 0 saturated heterocycles. The minimum atomic E-state index is -4.79. The normalized spacial score (nSPS) is 11.2. The largest absolute Gasteiger partial charge is 0.573 e. The summed E-state index contributed by atoms with van der Waals surface area (Å²) in [5.41, 5.74) is 6.10. The summed E-state index contributed by atoms with van der Waals surface area (Å²) in [5.74, 6) is -1.36. The number of anilines is 2. The number of carbonyl (C=O) groups excluding carboxylic acids is 2. The molecular weight excluding hydrogens is 365 g/mol. The molecule has 1 amide bonds. The number of alkyl halides is 3. The molecule has 0 fully saturated rings. The summed E-state index contributed by atoms with van der Waals surface area (Å²) >= 11 is 0. The third kappa shape index (κ3) is 4.29. The number of carbonyl (C=O) groups is 1. The molecule has 0 spiro atoms. The first-order valence-electron chi connectivity index (χ1n) is 7.38. The number of fused-ring (bicyclic) bond motifs is 1. The number of aromatic nitrogens is 2. The van der Waals surface area contributed by atoms with Crippen LogP contribution in [-0.2, 0) is 4.79 Å². The molecule has 0 unspecified atom stereocenters. The van der Waals surface area contributed by atoms with Gasteiger partial charge in [0.2, 0.25) is 12.1 Å². The number of hydrogen-bond acceptors (Lipinski definition) is 6. The van der Waals surface area contributed by atoms with E-state index in [0.717, 1.165) is 12.1 Å². The molecule has 1 aromatic heterocycles. The number of nitrogens with two attached hydrogens (primary N) is 1. The van der Waals surface area contributed by atoms with Gasteiger partial charge in [-0.1, -0.05) is 6.07 Å². The summed E-state index contributed by atoms with van der Waals surface area (Å²) in [7, 11) is 0. The van der Waals surface area contributed by atoms with Gasteiger partial charge in [0.25, 0.3) is 5.91 Å². The van der Waals surface area contributed by atoms with Crippen molar-refractivity contribution in [3.8, 4) is 5.75 Å². The molecule has 1 heterocycles. The molecule has 0 saturated carbocycles. The lowest BCUT2D eigenvalue weighted by Crippen LogP contribution is -2.17. The van der Waals surface area contributed by atoms with Gasteiger partial charge in [-0.15, -0.1) is 13.2 Å². The molecule has 27 heavy (non-hydrogen) atoms. The number of rotatable bonds is 5. The number of amides is 1. The highest BCUT2D eigenvalue weighted by molar-refractivity contribution is 5.98. The first-order chi connectivity index (χ1) is 12.7. The van der Waals surface area contributed by atoms with Crippen molar-refractivity contribution in [2.75, 3.05) is 5.32 Å². The highest BCUT2D eigenvalue weighted by Gasteiger charge is 2.30. The summed E-state index contributed by atoms with van der Waals surface area (Å²) < 4.78 is 40.5. The molecule has 1 radical (unpaired) electrons. The molecule has 0 aliphatic heterocycles.